The van der Waals surface area contributed by atoms with Crippen molar-refractivity contribution in [3.8, 4) is 0 Å². The summed E-state index contributed by atoms with van der Waals surface area (Å²) in [6, 6.07) is 0. The lowest BCUT2D eigenvalue weighted by Crippen LogP contribution is -2.40. The average molecular weight is 182 g/mol. The monoisotopic (exact) mass is 182 g/mol. The van der Waals surface area contributed by atoms with Crippen molar-refractivity contribution < 1.29 is 9.53 Å². The lowest BCUT2D eigenvalue weighted by molar-refractivity contribution is -0.156. The number of hydrogen-bond acceptors (Lipinski definition) is 2. The molecule has 1 rings (SSSR count). The van der Waals surface area contributed by atoms with Crippen molar-refractivity contribution in [2.75, 3.05) is 0 Å². The number of rotatable bonds is 1. The van der Waals surface area contributed by atoms with E-state index in [4.69, 9.17) is 4.74 Å². The van der Waals surface area contributed by atoms with Gasteiger partial charge in [-0.15, -0.1) is 0 Å². The molecule has 0 aliphatic carbocycles. The molecule has 1 aliphatic heterocycles. The fourth-order valence-corrected chi connectivity index (χ4v) is 2.35. The molecule has 0 aromatic rings. The van der Waals surface area contributed by atoms with Crippen LogP contribution in [0, 0.1) is 17.3 Å². The zero-order valence-electron chi connectivity index (χ0n) is 8.89. The van der Waals surface area contributed by atoms with Crippen molar-refractivity contribution in [1.82, 2.24) is 0 Å². The third kappa shape index (κ3) is 1.93. The highest BCUT2D eigenvalue weighted by Gasteiger charge is 2.43. The van der Waals surface area contributed by atoms with Crippen molar-refractivity contribution >= 4 is 5.97 Å². The summed E-state index contributed by atoms with van der Waals surface area (Å²) in [4.78, 5) is 11.6. The largest absolute Gasteiger partial charge is 0.431 e. The van der Waals surface area contributed by atoms with E-state index >= 15 is 0 Å². The first-order valence-corrected chi connectivity index (χ1v) is 4.74. The highest BCUT2D eigenvalue weighted by molar-refractivity contribution is 5.75. The van der Waals surface area contributed by atoms with Gasteiger partial charge in [0, 0.05) is 6.42 Å². The molecule has 0 radical (unpaired) electrons. The molecule has 0 spiro atoms. The van der Waals surface area contributed by atoms with E-state index < -0.39 is 0 Å². The number of ether oxygens (including phenoxy) is 1. The van der Waals surface area contributed by atoms with E-state index in [-0.39, 0.29) is 17.3 Å². The van der Waals surface area contributed by atoms with Crippen LogP contribution >= 0.6 is 0 Å². The molecular formula is C11H18O2. The molecule has 2 heteroatoms. The Morgan fingerprint density at radius 3 is 2.46 bits per heavy atom. The smallest absolute Gasteiger partial charge is 0.314 e. The van der Waals surface area contributed by atoms with Gasteiger partial charge in [-0.05, 0) is 11.3 Å². The van der Waals surface area contributed by atoms with Crippen LogP contribution in [0.1, 0.15) is 34.1 Å². The third-order valence-electron chi connectivity index (χ3n) is 2.66. The minimum absolute atomic E-state index is 0.00185. The lowest BCUT2D eigenvalue weighted by Gasteiger charge is -2.39. The van der Waals surface area contributed by atoms with Crippen molar-refractivity contribution in [1.29, 1.82) is 0 Å². The second kappa shape index (κ2) is 3.17. The van der Waals surface area contributed by atoms with Crippen molar-refractivity contribution in [2.24, 2.45) is 17.3 Å². The number of allylic oxidation sites excluding steroid dienone is 1. The van der Waals surface area contributed by atoms with Crippen molar-refractivity contribution in [3.05, 3.63) is 12.3 Å². The fourth-order valence-electron chi connectivity index (χ4n) is 2.35. The van der Waals surface area contributed by atoms with Crippen molar-refractivity contribution in [2.45, 2.75) is 34.1 Å². The Balaban J connectivity index is 2.92. The Morgan fingerprint density at radius 2 is 2.08 bits per heavy atom. The van der Waals surface area contributed by atoms with Crippen molar-refractivity contribution in [3.63, 3.8) is 0 Å². The van der Waals surface area contributed by atoms with Gasteiger partial charge >= 0.3 is 5.97 Å². The zero-order valence-corrected chi connectivity index (χ0v) is 8.89. The van der Waals surface area contributed by atoms with Gasteiger partial charge in [0.2, 0.25) is 0 Å². The molecule has 1 fully saturated rings. The van der Waals surface area contributed by atoms with Gasteiger partial charge in [-0.2, -0.15) is 0 Å². The van der Waals surface area contributed by atoms with Crippen LogP contribution in [-0.4, -0.2) is 5.97 Å². The van der Waals surface area contributed by atoms with Crippen LogP contribution < -0.4 is 0 Å². The molecule has 13 heavy (non-hydrogen) atoms. The standard InChI is InChI=1S/C11H18O2/c1-7(2)9-10(12)13-8(3)6-11(9,4)5/h7,9H,3,6H2,1-2,4-5H3. The summed E-state index contributed by atoms with van der Waals surface area (Å²) in [5.74, 6) is 0.816. The Kier molecular flexibility index (Phi) is 2.51. The van der Waals surface area contributed by atoms with Crippen LogP contribution in [0.3, 0.4) is 0 Å². The molecule has 1 unspecified atom stereocenters. The van der Waals surface area contributed by atoms with Crippen LogP contribution in [0.25, 0.3) is 0 Å². The molecule has 74 valence electrons. The molecule has 0 saturated carbocycles. The molecule has 1 atom stereocenters. The molecule has 1 aliphatic rings. The van der Waals surface area contributed by atoms with Gasteiger partial charge in [-0.3, -0.25) is 4.79 Å². The topological polar surface area (TPSA) is 26.3 Å². The van der Waals surface area contributed by atoms with Crippen LogP contribution in [0.4, 0.5) is 0 Å². The van der Waals surface area contributed by atoms with Gasteiger partial charge in [0.1, 0.15) is 5.76 Å². The highest BCUT2D eigenvalue weighted by atomic mass is 16.5. The fraction of sp³-hybridized carbons (Fsp3) is 0.727. The first-order valence-electron chi connectivity index (χ1n) is 4.74. The summed E-state index contributed by atoms with van der Waals surface area (Å²) in [6.07, 6.45) is 0.779. The average Bonchev–Trinajstić information content (AvgIpc) is 1.78. The summed E-state index contributed by atoms with van der Waals surface area (Å²) >= 11 is 0. The zero-order chi connectivity index (χ0) is 10.2. The first kappa shape index (κ1) is 10.3. The number of carbonyl (C=O) groups is 1. The molecule has 2 nitrogen and oxygen atoms in total. The van der Waals surface area contributed by atoms with E-state index in [2.05, 4.69) is 34.3 Å². The minimum atomic E-state index is -0.115. The highest BCUT2D eigenvalue weighted by Crippen LogP contribution is 2.42. The predicted molar refractivity (Wildman–Crippen MR) is 52.0 cm³/mol. The molecule has 1 heterocycles. The Labute approximate surface area is 80.0 Å². The molecule has 0 N–H and O–H groups in total. The third-order valence-corrected chi connectivity index (χ3v) is 2.66. The first-order chi connectivity index (χ1) is 5.84. The van der Waals surface area contributed by atoms with E-state index in [1.54, 1.807) is 0 Å². The van der Waals surface area contributed by atoms with E-state index in [0.29, 0.717) is 11.7 Å². The molecule has 0 aromatic heterocycles. The Morgan fingerprint density at radius 1 is 1.54 bits per heavy atom. The number of cyclic esters (lactones) is 1. The van der Waals surface area contributed by atoms with Gasteiger partial charge in [0.15, 0.2) is 0 Å². The quantitative estimate of drug-likeness (QED) is 0.583. The molecule has 0 bridgehead atoms. The van der Waals surface area contributed by atoms with Crippen LogP contribution in [0.15, 0.2) is 12.3 Å². The summed E-state index contributed by atoms with van der Waals surface area (Å²) in [7, 11) is 0. The number of hydrogen-bond donors (Lipinski definition) is 0. The summed E-state index contributed by atoms with van der Waals surface area (Å²) in [5.41, 5.74) is -0.0133. The van der Waals surface area contributed by atoms with E-state index in [1.807, 2.05) is 0 Å². The molecule has 0 aromatic carbocycles. The predicted octanol–water partition coefficient (Wildman–Crippen LogP) is 2.75. The maximum atomic E-state index is 11.6. The Bertz CT molecular complexity index is 238. The van der Waals surface area contributed by atoms with Crippen LogP contribution in [0.2, 0.25) is 0 Å². The van der Waals surface area contributed by atoms with Gasteiger partial charge < -0.3 is 4.74 Å². The van der Waals surface area contributed by atoms with Gasteiger partial charge in [-0.25, -0.2) is 0 Å². The second-order valence-electron chi connectivity index (χ2n) is 4.85. The summed E-state index contributed by atoms with van der Waals surface area (Å²) < 4.78 is 5.06. The van der Waals surface area contributed by atoms with E-state index in [1.165, 1.54) is 0 Å². The minimum Gasteiger partial charge on any atom is -0.431 e. The molecule has 1 saturated heterocycles. The maximum absolute atomic E-state index is 11.6. The van der Waals surface area contributed by atoms with Crippen LogP contribution in [-0.2, 0) is 9.53 Å². The SMILES string of the molecule is C=C1CC(C)(C)C(C(C)C)C(=O)O1. The van der Waals surface area contributed by atoms with Gasteiger partial charge in [0.25, 0.3) is 0 Å². The molecular weight excluding hydrogens is 164 g/mol. The van der Waals surface area contributed by atoms with E-state index in [0.717, 1.165) is 6.42 Å². The maximum Gasteiger partial charge on any atom is 0.314 e. The molecule has 0 amide bonds. The van der Waals surface area contributed by atoms with Gasteiger partial charge in [0.05, 0.1) is 5.92 Å². The number of carbonyl (C=O) groups excluding carboxylic acids is 1. The van der Waals surface area contributed by atoms with E-state index in [9.17, 15) is 4.79 Å². The van der Waals surface area contributed by atoms with Crippen LogP contribution in [0.5, 0.6) is 0 Å². The lowest BCUT2D eigenvalue weighted by atomic mass is 9.69. The Hall–Kier alpha value is -0.790. The number of esters is 1. The normalized spacial score (nSPS) is 27.6. The second-order valence-corrected chi connectivity index (χ2v) is 4.85. The van der Waals surface area contributed by atoms with Gasteiger partial charge in [-0.1, -0.05) is 34.3 Å². The summed E-state index contributed by atoms with van der Waals surface area (Å²) in [5, 5.41) is 0. The summed E-state index contributed by atoms with van der Waals surface area (Å²) in [6.45, 7) is 12.0.